The summed E-state index contributed by atoms with van der Waals surface area (Å²) >= 11 is 3.43. The third-order valence-electron chi connectivity index (χ3n) is 1.99. The Bertz CT molecular complexity index is 326. The molecule has 1 aromatic rings. The third kappa shape index (κ3) is 1.84. The van der Waals surface area contributed by atoms with Gasteiger partial charge >= 0.3 is 0 Å². The van der Waals surface area contributed by atoms with Crippen molar-refractivity contribution < 1.29 is 4.74 Å². The van der Waals surface area contributed by atoms with Crippen LogP contribution in [0.1, 0.15) is 17.0 Å². The largest absolute Gasteiger partial charge is 0.495 e. The van der Waals surface area contributed by atoms with E-state index >= 15 is 0 Å². The minimum atomic E-state index is 0.441. The van der Waals surface area contributed by atoms with E-state index in [0.29, 0.717) is 6.54 Å². The highest BCUT2D eigenvalue weighted by atomic mass is 79.9. The van der Waals surface area contributed by atoms with Crippen molar-refractivity contribution in [1.29, 1.82) is 0 Å². The highest BCUT2D eigenvalue weighted by molar-refractivity contribution is 9.10. The number of nitrogens with two attached hydrogens (primary N) is 1. The minimum absolute atomic E-state index is 0.441. The van der Waals surface area contributed by atoms with Crippen molar-refractivity contribution in [2.24, 2.45) is 5.73 Å². The second-order valence-electron chi connectivity index (χ2n) is 2.82. The van der Waals surface area contributed by atoms with Crippen LogP contribution in [0.25, 0.3) is 0 Å². The molecule has 0 aliphatic heterocycles. The molecule has 0 spiro atoms. The van der Waals surface area contributed by atoms with Gasteiger partial charge in [0.25, 0.3) is 0 Å². The average Bonchev–Trinajstić information content (AvgIpc) is 2.12. The van der Waals surface area contributed by atoms with Gasteiger partial charge in [0, 0.05) is 12.1 Å². The third-order valence-corrected chi connectivity index (χ3v) is 2.92. The molecule has 0 amide bonds. The van der Waals surface area contributed by atoms with Crippen LogP contribution in [0.5, 0.6) is 5.75 Å². The summed E-state index contributed by atoms with van der Waals surface area (Å²) in [5.41, 5.74) is 8.35. The molecule has 3 nitrogen and oxygen atoms in total. The van der Waals surface area contributed by atoms with Crippen molar-refractivity contribution in [1.82, 2.24) is 4.98 Å². The highest BCUT2D eigenvalue weighted by Gasteiger charge is 2.12. The lowest BCUT2D eigenvalue weighted by Crippen LogP contribution is -2.06. The van der Waals surface area contributed by atoms with Gasteiger partial charge in [-0.1, -0.05) is 0 Å². The van der Waals surface area contributed by atoms with Crippen LogP contribution in [0.15, 0.2) is 4.47 Å². The first-order valence-corrected chi connectivity index (χ1v) is 4.80. The summed E-state index contributed by atoms with van der Waals surface area (Å²) in [6.07, 6.45) is 0. The number of methoxy groups -OCH3 is 1. The van der Waals surface area contributed by atoms with Crippen LogP contribution in [-0.2, 0) is 6.54 Å². The molecule has 0 atom stereocenters. The molecule has 2 N–H and O–H groups in total. The monoisotopic (exact) mass is 244 g/mol. The van der Waals surface area contributed by atoms with Crippen molar-refractivity contribution in [3.05, 3.63) is 21.4 Å². The van der Waals surface area contributed by atoms with Crippen molar-refractivity contribution in [2.45, 2.75) is 20.4 Å². The van der Waals surface area contributed by atoms with Crippen LogP contribution in [0.4, 0.5) is 0 Å². The molecule has 0 fully saturated rings. The van der Waals surface area contributed by atoms with E-state index in [1.165, 1.54) is 0 Å². The Balaban J connectivity index is 3.39. The molecule has 0 saturated carbocycles. The van der Waals surface area contributed by atoms with Crippen LogP contribution in [-0.4, -0.2) is 12.1 Å². The number of aromatic nitrogens is 1. The van der Waals surface area contributed by atoms with Crippen molar-refractivity contribution in [2.75, 3.05) is 7.11 Å². The van der Waals surface area contributed by atoms with Gasteiger partial charge in [0.15, 0.2) is 0 Å². The Hall–Kier alpha value is -0.610. The number of hydrogen-bond acceptors (Lipinski definition) is 3. The van der Waals surface area contributed by atoms with Gasteiger partial charge in [-0.05, 0) is 29.8 Å². The first-order valence-electron chi connectivity index (χ1n) is 4.01. The standard InChI is InChI=1S/C9H13BrN2O/c1-5-7(4-11)12-6(2)8(10)9(5)13-3/h4,11H2,1-3H3. The number of pyridine rings is 1. The maximum atomic E-state index is 5.56. The fourth-order valence-electron chi connectivity index (χ4n) is 1.24. The Morgan fingerprint density at radius 1 is 1.46 bits per heavy atom. The van der Waals surface area contributed by atoms with E-state index in [4.69, 9.17) is 10.5 Å². The molecule has 1 aromatic heterocycles. The maximum Gasteiger partial charge on any atom is 0.139 e. The predicted molar refractivity (Wildman–Crippen MR) is 55.9 cm³/mol. The SMILES string of the molecule is COc1c(C)c(CN)nc(C)c1Br. The van der Waals surface area contributed by atoms with Crippen LogP contribution in [0, 0.1) is 13.8 Å². The number of nitrogens with zero attached hydrogens (tertiary/aromatic N) is 1. The summed E-state index contributed by atoms with van der Waals surface area (Å²) in [6.45, 7) is 4.32. The van der Waals surface area contributed by atoms with Crippen LogP contribution in [0.2, 0.25) is 0 Å². The van der Waals surface area contributed by atoms with Gasteiger partial charge in [-0.2, -0.15) is 0 Å². The maximum absolute atomic E-state index is 5.56. The molecule has 0 aromatic carbocycles. The normalized spacial score (nSPS) is 10.2. The minimum Gasteiger partial charge on any atom is -0.495 e. The molecule has 1 heterocycles. The van der Waals surface area contributed by atoms with E-state index in [1.807, 2.05) is 13.8 Å². The first-order chi connectivity index (χ1) is 6.11. The summed E-state index contributed by atoms with van der Waals surface area (Å²) in [6, 6.07) is 0. The molecule has 0 aliphatic rings. The molecule has 0 aliphatic carbocycles. The molecule has 72 valence electrons. The Morgan fingerprint density at radius 3 is 2.54 bits per heavy atom. The van der Waals surface area contributed by atoms with Gasteiger partial charge in [-0.3, -0.25) is 4.98 Å². The molecule has 0 saturated heterocycles. The summed E-state index contributed by atoms with van der Waals surface area (Å²) in [7, 11) is 1.65. The van der Waals surface area contributed by atoms with Crippen molar-refractivity contribution >= 4 is 15.9 Å². The zero-order valence-corrected chi connectivity index (χ0v) is 9.60. The lowest BCUT2D eigenvalue weighted by molar-refractivity contribution is 0.406. The van der Waals surface area contributed by atoms with E-state index in [0.717, 1.165) is 27.2 Å². The zero-order valence-electron chi connectivity index (χ0n) is 8.02. The molecular weight excluding hydrogens is 232 g/mol. The van der Waals surface area contributed by atoms with E-state index < -0.39 is 0 Å². The second kappa shape index (κ2) is 4.07. The lowest BCUT2D eigenvalue weighted by Gasteiger charge is -2.12. The highest BCUT2D eigenvalue weighted by Crippen LogP contribution is 2.31. The molecule has 0 bridgehead atoms. The zero-order chi connectivity index (χ0) is 10.0. The number of rotatable bonds is 2. The first kappa shape index (κ1) is 10.5. The van der Waals surface area contributed by atoms with Crippen LogP contribution >= 0.6 is 15.9 Å². The smallest absolute Gasteiger partial charge is 0.139 e. The van der Waals surface area contributed by atoms with Gasteiger partial charge in [0.1, 0.15) is 5.75 Å². The predicted octanol–water partition coefficient (Wildman–Crippen LogP) is 1.93. The van der Waals surface area contributed by atoms with Crippen molar-refractivity contribution in [3.63, 3.8) is 0 Å². The average molecular weight is 245 g/mol. The van der Waals surface area contributed by atoms with Gasteiger partial charge in [-0.15, -0.1) is 0 Å². The van der Waals surface area contributed by atoms with Crippen LogP contribution in [0.3, 0.4) is 0 Å². The van der Waals surface area contributed by atoms with E-state index in [1.54, 1.807) is 7.11 Å². The molecular formula is C9H13BrN2O. The number of halogens is 1. The number of ether oxygens (including phenoxy) is 1. The fraction of sp³-hybridized carbons (Fsp3) is 0.444. The van der Waals surface area contributed by atoms with E-state index in [-0.39, 0.29) is 0 Å². The van der Waals surface area contributed by atoms with E-state index in [2.05, 4.69) is 20.9 Å². The molecule has 4 heteroatoms. The Kier molecular flexibility index (Phi) is 3.27. The topological polar surface area (TPSA) is 48.1 Å². The summed E-state index contributed by atoms with van der Waals surface area (Å²) in [4.78, 5) is 4.35. The van der Waals surface area contributed by atoms with Gasteiger partial charge in [-0.25, -0.2) is 0 Å². The fourth-order valence-corrected chi connectivity index (χ4v) is 1.78. The number of hydrogen-bond donors (Lipinski definition) is 1. The molecule has 0 unspecified atom stereocenters. The Labute approximate surface area is 86.4 Å². The second-order valence-corrected chi connectivity index (χ2v) is 3.61. The summed E-state index contributed by atoms with van der Waals surface area (Å²) < 4.78 is 6.16. The quantitative estimate of drug-likeness (QED) is 0.865. The van der Waals surface area contributed by atoms with E-state index in [9.17, 15) is 0 Å². The molecule has 0 radical (unpaired) electrons. The summed E-state index contributed by atoms with van der Waals surface area (Å²) in [5.74, 6) is 0.827. The van der Waals surface area contributed by atoms with Crippen LogP contribution < -0.4 is 10.5 Å². The van der Waals surface area contributed by atoms with Gasteiger partial charge in [0.05, 0.1) is 23.0 Å². The number of aryl methyl sites for hydroxylation is 1. The summed E-state index contributed by atoms with van der Waals surface area (Å²) in [5, 5.41) is 0. The molecule has 13 heavy (non-hydrogen) atoms. The van der Waals surface area contributed by atoms with Gasteiger partial charge < -0.3 is 10.5 Å². The molecule has 1 rings (SSSR count). The van der Waals surface area contributed by atoms with Crippen molar-refractivity contribution in [3.8, 4) is 5.75 Å². The lowest BCUT2D eigenvalue weighted by atomic mass is 10.2. The van der Waals surface area contributed by atoms with Gasteiger partial charge in [0.2, 0.25) is 0 Å². The Morgan fingerprint density at radius 2 is 2.08 bits per heavy atom.